The highest BCUT2D eigenvalue weighted by molar-refractivity contribution is 6.30. The normalized spacial score (nSPS) is 31.8. The fourth-order valence-corrected chi connectivity index (χ4v) is 3.97. The van der Waals surface area contributed by atoms with Crippen molar-refractivity contribution in [3.8, 4) is 0 Å². The highest BCUT2D eigenvalue weighted by Gasteiger charge is 2.42. The third kappa shape index (κ3) is 3.31. The summed E-state index contributed by atoms with van der Waals surface area (Å²) in [7, 11) is 0. The van der Waals surface area contributed by atoms with Gasteiger partial charge in [-0.3, -0.25) is 4.79 Å². The third-order valence-electron chi connectivity index (χ3n) is 5.43. The van der Waals surface area contributed by atoms with Crippen molar-refractivity contribution >= 4 is 17.5 Å². The molecule has 2 aliphatic rings. The smallest absolute Gasteiger partial charge is 0.223 e. The molecule has 1 amide bonds. The van der Waals surface area contributed by atoms with Crippen LogP contribution < -0.4 is 11.1 Å². The highest BCUT2D eigenvalue weighted by atomic mass is 35.5. The van der Waals surface area contributed by atoms with Crippen molar-refractivity contribution in [1.29, 1.82) is 0 Å². The van der Waals surface area contributed by atoms with E-state index >= 15 is 0 Å². The molecule has 22 heavy (non-hydrogen) atoms. The van der Waals surface area contributed by atoms with Crippen molar-refractivity contribution in [3.05, 3.63) is 34.9 Å². The van der Waals surface area contributed by atoms with Crippen LogP contribution in [0, 0.1) is 23.7 Å². The zero-order chi connectivity index (χ0) is 15.7. The summed E-state index contributed by atoms with van der Waals surface area (Å²) in [6, 6.07) is 7.99. The van der Waals surface area contributed by atoms with E-state index in [-0.39, 0.29) is 17.9 Å². The van der Waals surface area contributed by atoms with Crippen molar-refractivity contribution in [2.24, 2.45) is 29.4 Å². The molecule has 3 N–H and O–H groups in total. The molecule has 0 bridgehead atoms. The lowest BCUT2D eigenvalue weighted by molar-refractivity contribution is -0.126. The predicted molar refractivity (Wildman–Crippen MR) is 89.5 cm³/mol. The summed E-state index contributed by atoms with van der Waals surface area (Å²) in [6.45, 7) is 2.86. The molecule has 5 atom stereocenters. The van der Waals surface area contributed by atoms with E-state index in [1.54, 1.807) is 0 Å². The number of nitrogens with two attached hydrogens (primary N) is 1. The summed E-state index contributed by atoms with van der Waals surface area (Å²) in [5, 5.41) is 4.05. The highest BCUT2D eigenvalue weighted by Crippen LogP contribution is 2.47. The first kappa shape index (κ1) is 15.8. The minimum atomic E-state index is 0.0915. The molecule has 2 fully saturated rings. The Hall–Kier alpha value is -1.06. The first-order valence-corrected chi connectivity index (χ1v) is 8.74. The Bertz CT molecular complexity index is 530. The number of carbonyl (C=O) groups excluding carboxylic acids is 1. The number of hydrogen-bond donors (Lipinski definition) is 2. The zero-order valence-electron chi connectivity index (χ0n) is 13.1. The molecule has 3 nitrogen and oxygen atoms in total. The second kappa shape index (κ2) is 6.59. The monoisotopic (exact) mass is 320 g/mol. The van der Waals surface area contributed by atoms with Crippen molar-refractivity contribution in [2.75, 3.05) is 6.54 Å². The minimum Gasteiger partial charge on any atom is -0.349 e. The van der Waals surface area contributed by atoms with Crippen LogP contribution in [-0.2, 0) is 4.79 Å². The first-order valence-electron chi connectivity index (χ1n) is 8.36. The maximum atomic E-state index is 12.7. The fraction of sp³-hybridized carbons (Fsp3) is 0.611. The molecule has 0 aliphatic heterocycles. The van der Waals surface area contributed by atoms with Gasteiger partial charge in [-0.1, -0.05) is 37.1 Å². The summed E-state index contributed by atoms with van der Waals surface area (Å²) in [5.41, 5.74) is 6.98. The molecule has 4 heteroatoms. The fourth-order valence-electron chi connectivity index (χ4n) is 3.85. The molecule has 0 spiro atoms. The van der Waals surface area contributed by atoms with Gasteiger partial charge in [-0.05, 0) is 61.3 Å². The molecule has 0 heterocycles. The van der Waals surface area contributed by atoms with E-state index in [2.05, 4.69) is 12.2 Å². The van der Waals surface area contributed by atoms with Crippen molar-refractivity contribution in [3.63, 3.8) is 0 Å². The van der Waals surface area contributed by atoms with Gasteiger partial charge in [-0.25, -0.2) is 0 Å². The molecule has 0 saturated heterocycles. The Morgan fingerprint density at radius 3 is 2.64 bits per heavy atom. The van der Waals surface area contributed by atoms with E-state index < -0.39 is 0 Å². The van der Waals surface area contributed by atoms with E-state index in [1.807, 2.05) is 24.3 Å². The Balaban J connectivity index is 1.73. The summed E-state index contributed by atoms with van der Waals surface area (Å²) in [5.74, 6) is 1.85. The Morgan fingerprint density at radius 1 is 1.36 bits per heavy atom. The zero-order valence-corrected chi connectivity index (χ0v) is 13.9. The standard InChI is InChI=1S/C18H25ClN2O/c1-11-9-16(11)17(12-5-7-14(19)8-6-12)21-18(22)15-4-2-3-13(15)10-20/h5-8,11,13,15-17H,2-4,9-10,20H2,1H3,(H,21,22)/t11?,13-,15-,16?,17?/m1/s1. The van der Waals surface area contributed by atoms with Crippen LogP contribution >= 0.6 is 11.6 Å². The van der Waals surface area contributed by atoms with E-state index in [9.17, 15) is 4.79 Å². The van der Waals surface area contributed by atoms with Gasteiger partial charge in [0, 0.05) is 10.9 Å². The lowest BCUT2D eigenvalue weighted by Crippen LogP contribution is -2.38. The summed E-state index contributed by atoms with van der Waals surface area (Å²) >= 11 is 5.99. The lowest BCUT2D eigenvalue weighted by Gasteiger charge is -2.24. The average Bonchev–Trinajstić information content (AvgIpc) is 3.04. The predicted octanol–water partition coefficient (Wildman–Crippen LogP) is 3.53. The Labute approximate surface area is 137 Å². The van der Waals surface area contributed by atoms with E-state index in [1.165, 1.54) is 6.42 Å². The van der Waals surface area contributed by atoms with Gasteiger partial charge in [0.05, 0.1) is 6.04 Å². The van der Waals surface area contributed by atoms with Gasteiger partial charge in [0.25, 0.3) is 0 Å². The molecular weight excluding hydrogens is 296 g/mol. The Kier molecular flexibility index (Phi) is 4.74. The molecule has 1 aromatic carbocycles. The van der Waals surface area contributed by atoms with Gasteiger partial charge >= 0.3 is 0 Å². The van der Waals surface area contributed by atoms with Gasteiger partial charge in [-0.2, -0.15) is 0 Å². The molecule has 2 aliphatic carbocycles. The maximum Gasteiger partial charge on any atom is 0.223 e. The summed E-state index contributed by atoms with van der Waals surface area (Å²) in [4.78, 5) is 12.7. The van der Waals surface area contributed by atoms with Gasteiger partial charge in [0.1, 0.15) is 0 Å². The molecule has 1 aromatic rings. The number of nitrogens with one attached hydrogen (secondary N) is 1. The van der Waals surface area contributed by atoms with Crippen molar-refractivity contribution in [1.82, 2.24) is 5.32 Å². The van der Waals surface area contributed by atoms with Crippen LogP contribution in [0.25, 0.3) is 0 Å². The summed E-state index contributed by atoms with van der Waals surface area (Å²) in [6.07, 6.45) is 4.35. The SMILES string of the molecule is CC1CC1C(NC(=O)[C@@H]1CCC[C@@H]1CN)c1ccc(Cl)cc1. The van der Waals surface area contributed by atoms with Crippen LogP contribution in [0.4, 0.5) is 0 Å². The first-order chi connectivity index (χ1) is 10.6. The van der Waals surface area contributed by atoms with Crippen LogP contribution in [0.5, 0.6) is 0 Å². The topological polar surface area (TPSA) is 55.1 Å². The van der Waals surface area contributed by atoms with Crippen LogP contribution in [0.15, 0.2) is 24.3 Å². The molecule has 3 rings (SSSR count). The second-order valence-corrected chi connectivity index (χ2v) is 7.38. The minimum absolute atomic E-state index is 0.0915. The van der Waals surface area contributed by atoms with E-state index in [4.69, 9.17) is 17.3 Å². The number of carbonyl (C=O) groups is 1. The number of rotatable bonds is 5. The van der Waals surface area contributed by atoms with Gasteiger partial charge in [-0.15, -0.1) is 0 Å². The van der Waals surface area contributed by atoms with Crippen LogP contribution in [0.1, 0.15) is 44.2 Å². The summed E-state index contributed by atoms with van der Waals surface area (Å²) < 4.78 is 0. The molecular formula is C18H25ClN2O. The van der Waals surface area contributed by atoms with Gasteiger partial charge in [0.15, 0.2) is 0 Å². The van der Waals surface area contributed by atoms with Crippen LogP contribution in [0.3, 0.4) is 0 Å². The van der Waals surface area contributed by atoms with Crippen molar-refractivity contribution in [2.45, 2.75) is 38.6 Å². The quantitative estimate of drug-likeness (QED) is 0.872. The molecule has 3 unspecified atom stereocenters. The van der Waals surface area contributed by atoms with Gasteiger partial charge in [0.2, 0.25) is 5.91 Å². The van der Waals surface area contributed by atoms with Crippen LogP contribution in [0.2, 0.25) is 5.02 Å². The molecule has 120 valence electrons. The number of benzene rings is 1. The molecule has 2 saturated carbocycles. The van der Waals surface area contributed by atoms with Crippen molar-refractivity contribution < 1.29 is 4.79 Å². The second-order valence-electron chi connectivity index (χ2n) is 6.95. The Morgan fingerprint density at radius 2 is 2.05 bits per heavy atom. The largest absolute Gasteiger partial charge is 0.349 e. The average molecular weight is 321 g/mol. The number of halogens is 1. The van der Waals surface area contributed by atoms with E-state index in [0.29, 0.717) is 24.3 Å². The van der Waals surface area contributed by atoms with Crippen LogP contribution in [-0.4, -0.2) is 12.5 Å². The molecule has 0 radical (unpaired) electrons. The maximum absolute atomic E-state index is 12.7. The molecule has 0 aromatic heterocycles. The lowest BCUT2D eigenvalue weighted by atomic mass is 9.93. The van der Waals surface area contributed by atoms with Gasteiger partial charge < -0.3 is 11.1 Å². The number of amides is 1. The number of hydrogen-bond acceptors (Lipinski definition) is 2. The van der Waals surface area contributed by atoms with E-state index in [0.717, 1.165) is 29.8 Å². The third-order valence-corrected chi connectivity index (χ3v) is 5.68.